The van der Waals surface area contributed by atoms with Crippen LogP contribution >= 0.6 is 0 Å². The Labute approximate surface area is 708 Å². The quantitative estimate of drug-likeness (QED) is 0.0344. The molecule has 0 N–H and O–H groups in total. The first-order valence-electron chi connectivity index (χ1n) is 46.7. The fourth-order valence-electron chi connectivity index (χ4n) is 19.7. The molecule has 1 nitrogen and oxygen atoms in total. The molecule has 11 aromatic carbocycles. The topological polar surface area (TPSA) is 3.24 Å². The number of allylic oxidation sites excluding steroid dienone is 5. The van der Waals surface area contributed by atoms with Gasteiger partial charge in [-0.3, -0.25) is 0 Å². The number of nitrogens with zero attached hydrogens (tertiary/aromatic N) is 1. The van der Waals surface area contributed by atoms with Crippen LogP contribution in [0.15, 0.2) is 280 Å². The molecule has 1 heteroatoms. The summed E-state index contributed by atoms with van der Waals surface area (Å²) >= 11 is 0. The lowest BCUT2D eigenvalue weighted by atomic mass is 9.67. The third-order valence-corrected chi connectivity index (χ3v) is 26.4. The molecule has 0 aliphatic heterocycles. The Kier molecular flexibility index (Phi) is 31.9. The van der Waals surface area contributed by atoms with Crippen molar-refractivity contribution in [1.82, 2.24) is 0 Å². The molecule has 117 heavy (non-hydrogen) atoms. The first kappa shape index (κ1) is 85.3. The van der Waals surface area contributed by atoms with Crippen LogP contribution in [-0.2, 0) is 23.7 Å². The van der Waals surface area contributed by atoms with E-state index in [0.29, 0.717) is 0 Å². The molecule has 11 aromatic rings. The minimum atomic E-state index is 0.0334. The number of fused-ring (bicyclic) bond motifs is 4. The van der Waals surface area contributed by atoms with Crippen molar-refractivity contribution in [3.8, 4) is 89.0 Å². The molecular weight excluding hydrogens is 1410 g/mol. The van der Waals surface area contributed by atoms with E-state index in [0.717, 1.165) is 41.9 Å². The Morgan fingerprint density at radius 3 is 1.08 bits per heavy atom. The van der Waals surface area contributed by atoms with Crippen LogP contribution in [0.4, 0.5) is 17.1 Å². The zero-order chi connectivity index (χ0) is 80.9. The maximum atomic E-state index is 4.72. The lowest BCUT2D eigenvalue weighted by Crippen LogP contribution is -2.27. The second kappa shape index (κ2) is 43.8. The van der Waals surface area contributed by atoms with Crippen molar-refractivity contribution < 1.29 is 0 Å². The number of hydrogen-bond donors (Lipinski definition) is 0. The Morgan fingerprint density at radius 1 is 0.256 bits per heavy atom. The molecule has 0 radical (unpaired) electrons. The monoisotopic (exact) mass is 1540 g/mol. The van der Waals surface area contributed by atoms with Gasteiger partial charge in [0.1, 0.15) is 0 Å². The molecule has 2 aliphatic carbocycles. The van der Waals surface area contributed by atoms with Crippen LogP contribution in [0.25, 0.3) is 94.6 Å². The molecule has 0 spiro atoms. The van der Waals surface area contributed by atoms with Crippen LogP contribution in [0.5, 0.6) is 0 Å². The maximum Gasteiger partial charge on any atom is 0.0462 e. The summed E-state index contributed by atoms with van der Waals surface area (Å²) in [5.41, 5.74) is 34.1. The summed E-state index contributed by atoms with van der Waals surface area (Å²) < 4.78 is 0. The summed E-state index contributed by atoms with van der Waals surface area (Å²) in [5, 5.41) is 0. The molecule has 13 rings (SSSR count). The van der Waals surface area contributed by atoms with Crippen LogP contribution in [0.1, 0.15) is 293 Å². The molecule has 0 amide bonds. The number of anilines is 3. The zero-order valence-corrected chi connectivity index (χ0v) is 72.6. The van der Waals surface area contributed by atoms with Crippen molar-refractivity contribution >= 4 is 22.6 Å². The standard InChI is InChI=1S/C116H137N/c1-8-14-20-26-34-50-103-86-100(67-76-109(103)108-57-36-35-49-93(108)48-33-25-19-13-6)97-54-44-51-94(83-97)90-60-69-104(70-61-90)117(105-71-62-91(63-72-105)95-52-45-55-98(84-95)101-66-75-107-89(7)47-32-31-41-80-115(113(107)87-101,78-39-27-21-15-9-2)79-40-28-22-16-10-3)106-73-64-92(65-74-106)96-53-46-56-99(85-96)102-68-77-111-110-58-37-38-59-112(110)116(114(111)88-102,81-42-29-23-17-11-4)82-43-30-24-18-12-5/h31-32,35-38,41,44-47,49,51-77,83-88H,7-30,33-34,39-40,42-43,48,50,78-82H2,1-6H3/b41-31-,47-32-. The van der Waals surface area contributed by atoms with E-state index in [4.69, 9.17) is 6.58 Å². The lowest BCUT2D eigenvalue weighted by Gasteiger charge is -2.36. The molecule has 0 heterocycles. The normalized spacial score (nSPS) is 13.8. The van der Waals surface area contributed by atoms with E-state index >= 15 is 0 Å². The van der Waals surface area contributed by atoms with Gasteiger partial charge in [-0.25, -0.2) is 0 Å². The van der Waals surface area contributed by atoms with Gasteiger partial charge >= 0.3 is 0 Å². The lowest BCUT2D eigenvalue weighted by molar-refractivity contribution is 0.334. The third kappa shape index (κ3) is 21.7. The van der Waals surface area contributed by atoms with Crippen molar-refractivity contribution in [1.29, 1.82) is 0 Å². The molecule has 0 aromatic heterocycles. The minimum Gasteiger partial charge on any atom is -0.311 e. The SMILES string of the molecule is C=C1/C=C\C=C/CC(CCCCCCC)(CCCCCCC)c2cc(-c3cccc(-c4ccc(N(c5ccc(-c6cccc(-c7ccc(-c8ccccc8CCCCCC)c(CCCCCCC)c7)c6)cc5)c5ccc(-c6cccc(-c7ccc8c(c7)C(CCCCCCC)(CCCCCCC)c7ccccc7-8)c6)cc5)cc4)c3)ccc21. The van der Waals surface area contributed by atoms with Crippen molar-refractivity contribution in [2.24, 2.45) is 0 Å². The first-order valence-corrected chi connectivity index (χ1v) is 46.7. The van der Waals surface area contributed by atoms with Crippen molar-refractivity contribution in [2.45, 2.75) is 284 Å². The van der Waals surface area contributed by atoms with Gasteiger partial charge in [-0.05, 0) is 258 Å². The smallest absolute Gasteiger partial charge is 0.0462 e. The second-order valence-corrected chi connectivity index (χ2v) is 34.8. The largest absolute Gasteiger partial charge is 0.311 e. The molecule has 0 unspecified atom stereocenters. The summed E-state index contributed by atoms with van der Waals surface area (Å²) in [6.45, 7) is 18.7. The molecule has 2 aliphatic rings. The number of aryl methyl sites for hydroxylation is 2. The van der Waals surface area contributed by atoms with Gasteiger partial charge < -0.3 is 4.90 Å². The highest BCUT2D eigenvalue weighted by molar-refractivity contribution is 5.88. The molecule has 0 fully saturated rings. The first-order chi connectivity index (χ1) is 57.7. The van der Waals surface area contributed by atoms with Gasteiger partial charge in [0.2, 0.25) is 0 Å². The molecule has 0 bridgehead atoms. The average Bonchev–Trinajstić information content (AvgIpc) is 1.44. The predicted octanol–water partition coefficient (Wildman–Crippen LogP) is 35.9. The molecule has 606 valence electrons. The van der Waals surface area contributed by atoms with E-state index in [2.05, 4.69) is 319 Å². The van der Waals surface area contributed by atoms with Gasteiger partial charge in [-0.15, -0.1) is 0 Å². The molecular formula is C116H137N. The van der Waals surface area contributed by atoms with Gasteiger partial charge in [0, 0.05) is 22.5 Å². The summed E-state index contributed by atoms with van der Waals surface area (Å²) in [4.78, 5) is 2.45. The maximum absolute atomic E-state index is 4.72. The summed E-state index contributed by atoms with van der Waals surface area (Å²) in [5.74, 6) is 0. The Hall–Kier alpha value is -9.56. The number of hydrogen-bond acceptors (Lipinski definition) is 1. The van der Waals surface area contributed by atoms with E-state index in [1.807, 2.05) is 0 Å². The summed E-state index contributed by atoms with van der Waals surface area (Å²) in [7, 11) is 0. The van der Waals surface area contributed by atoms with Gasteiger partial charge in [-0.2, -0.15) is 0 Å². The van der Waals surface area contributed by atoms with E-state index in [1.54, 1.807) is 11.1 Å². The highest BCUT2D eigenvalue weighted by Crippen LogP contribution is 2.56. The highest BCUT2D eigenvalue weighted by atomic mass is 15.1. The van der Waals surface area contributed by atoms with Gasteiger partial charge in [-0.1, -0.05) is 428 Å². The summed E-state index contributed by atoms with van der Waals surface area (Å²) in [6.07, 6.45) is 54.7. The molecule has 0 saturated heterocycles. The van der Waals surface area contributed by atoms with E-state index in [1.165, 1.54) is 323 Å². The van der Waals surface area contributed by atoms with E-state index in [-0.39, 0.29) is 10.8 Å². The Bertz CT molecular complexity index is 4960. The fourth-order valence-corrected chi connectivity index (χ4v) is 19.7. The van der Waals surface area contributed by atoms with Crippen molar-refractivity contribution in [3.05, 3.63) is 313 Å². The number of rotatable bonds is 45. The number of benzene rings is 11. The Morgan fingerprint density at radius 2 is 0.598 bits per heavy atom. The van der Waals surface area contributed by atoms with E-state index < -0.39 is 0 Å². The van der Waals surface area contributed by atoms with E-state index in [9.17, 15) is 0 Å². The molecule has 0 saturated carbocycles. The summed E-state index contributed by atoms with van der Waals surface area (Å²) in [6, 6.07) is 97.0. The minimum absolute atomic E-state index is 0.0334. The van der Waals surface area contributed by atoms with Crippen molar-refractivity contribution in [3.63, 3.8) is 0 Å². The van der Waals surface area contributed by atoms with Gasteiger partial charge in [0.15, 0.2) is 0 Å². The zero-order valence-electron chi connectivity index (χ0n) is 72.6. The van der Waals surface area contributed by atoms with Gasteiger partial charge in [0.25, 0.3) is 0 Å². The molecule has 0 atom stereocenters. The third-order valence-electron chi connectivity index (χ3n) is 26.4. The predicted molar refractivity (Wildman–Crippen MR) is 513 cm³/mol. The van der Waals surface area contributed by atoms with Crippen LogP contribution in [-0.4, -0.2) is 0 Å². The van der Waals surface area contributed by atoms with Crippen molar-refractivity contribution in [2.75, 3.05) is 4.90 Å². The number of unbranched alkanes of at least 4 members (excludes halogenated alkanes) is 23. The van der Waals surface area contributed by atoms with Gasteiger partial charge in [0.05, 0.1) is 0 Å². The Balaban J connectivity index is 0.831. The highest BCUT2D eigenvalue weighted by Gasteiger charge is 2.42. The van der Waals surface area contributed by atoms with Crippen LogP contribution in [0.2, 0.25) is 0 Å². The van der Waals surface area contributed by atoms with Crippen LogP contribution < -0.4 is 4.90 Å². The van der Waals surface area contributed by atoms with Crippen LogP contribution in [0, 0.1) is 0 Å². The van der Waals surface area contributed by atoms with Crippen LogP contribution in [0.3, 0.4) is 0 Å². The average molecular weight is 1550 g/mol. The fraction of sp³-hybridized carbons (Fsp3) is 0.379. The second-order valence-electron chi connectivity index (χ2n) is 34.8.